The number of anilines is 1. The summed E-state index contributed by atoms with van der Waals surface area (Å²) in [7, 11) is 3.35. The van der Waals surface area contributed by atoms with E-state index in [0.29, 0.717) is 29.5 Å². The molecule has 166 valence electrons. The van der Waals surface area contributed by atoms with Crippen molar-refractivity contribution in [3.8, 4) is 17.1 Å². The van der Waals surface area contributed by atoms with Crippen molar-refractivity contribution in [1.82, 2.24) is 9.88 Å². The van der Waals surface area contributed by atoms with Gasteiger partial charge in [0.2, 0.25) is 5.91 Å². The van der Waals surface area contributed by atoms with E-state index in [9.17, 15) is 9.59 Å². The zero-order chi connectivity index (χ0) is 22.8. The molecule has 1 aliphatic rings. The van der Waals surface area contributed by atoms with Crippen molar-refractivity contribution in [1.29, 1.82) is 0 Å². The van der Waals surface area contributed by atoms with E-state index >= 15 is 0 Å². The molecule has 0 aliphatic carbocycles. The average molecular weight is 434 g/mol. The van der Waals surface area contributed by atoms with Gasteiger partial charge in [0.1, 0.15) is 5.75 Å². The normalized spacial score (nSPS) is 15.1. The lowest BCUT2D eigenvalue weighted by Crippen LogP contribution is -2.50. The Morgan fingerprint density at radius 3 is 2.66 bits per heavy atom. The van der Waals surface area contributed by atoms with Gasteiger partial charge >= 0.3 is 0 Å². The number of nitrogens with zero attached hydrogens (tertiary/aromatic N) is 3. The fraction of sp³-hybridized carbons (Fsp3) is 0.320. The molecule has 2 aromatic carbocycles. The van der Waals surface area contributed by atoms with Crippen LogP contribution in [0.1, 0.15) is 23.4 Å². The third-order valence-electron chi connectivity index (χ3n) is 5.69. The maximum absolute atomic E-state index is 13.1. The van der Waals surface area contributed by atoms with Crippen LogP contribution in [-0.2, 0) is 16.0 Å². The minimum absolute atomic E-state index is 0.108. The largest absolute Gasteiger partial charge is 0.476 e. The molecule has 2 amide bonds. The van der Waals surface area contributed by atoms with Gasteiger partial charge in [0.15, 0.2) is 17.8 Å². The second-order valence-corrected chi connectivity index (χ2v) is 8.23. The summed E-state index contributed by atoms with van der Waals surface area (Å²) in [5.41, 5.74) is 4.04. The minimum Gasteiger partial charge on any atom is -0.476 e. The van der Waals surface area contributed by atoms with Gasteiger partial charge in [-0.3, -0.25) is 9.59 Å². The van der Waals surface area contributed by atoms with E-state index in [1.165, 1.54) is 16.0 Å². The number of benzene rings is 2. The van der Waals surface area contributed by atoms with Crippen molar-refractivity contribution in [2.75, 3.05) is 25.5 Å². The quantitative estimate of drug-likeness (QED) is 0.612. The molecule has 32 heavy (non-hydrogen) atoms. The molecular weight excluding hydrogens is 406 g/mol. The highest BCUT2D eigenvalue weighted by molar-refractivity contribution is 5.97. The van der Waals surface area contributed by atoms with E-state index in [-0.39, 0.29) is 24.8 Å². The topological polar surface area (TPSA) is 75.9 Å². The third-order valence-corrected chi connectivity index (χ3v) is 5.69. The van der Waals surface area contributed by atoms with Crippen LogP contribution in [0.2, 0.25) is 0 Å². The zero-order valence-corrected chi connectivity index (χ0v) is 18.8. The lowest BCUT2D eigenvalue weighted by atomic mass is 10.1. The highest BCUT2D eigenvalue weighted by Crippen LogP contribution is 2.34. The number of para-hydroxylation sites is 2. The highest BCUT2D eigenvalue weighted by Gasteiger charge is 2.34. The lowest BCUT2D eigenvalue weighted by Gasteiger charge is -2.35. The molecule has 7 nitrogen and oxygen atoms in total. The Labute approximate surface area is 187 Å². The van der Waals surface area contributed by atoms with Crippen molar-refractivity contribution in [3.05, 3.63) is 65.7 Å². The highest BCUT2D eigenvalue weighted by atomic mass is 16.5. The monoisotopic (exact) mass is 433 g/mol. The number of hydrogen-bond donors (Lipinski definition) is 0. The smallest absolute Gasteiger partial charge is 0.265 e. The minimum atomic E-state index is -0.734. The Bertz CT molecular complexity index is 1150. The predicted octanol–water partition coefficient (Wildman–Crippen LogP) is 3.77. The number of carbonyl (C=O) groups is 2. The summed E-state index contributed by atoms with van der Waals surface area (Å²) < 4.78 is 11.7. The Morgan fingerprint density at radius 2 is 1.91 bits per heavy atom. The molecule has 0 radical (unpaired) electrons. The maximum atomic E-state index is 13.1. The first-order valence-electron chi connectivity index (χ1n) is 10.6. The van der Waals surface area contributed by atoms with Gasteiger partial charge in [0.25, 0.3) is 5.91 Å². The molecule has 0 unspecified atom stereocenters. The van der Waals surface area contributed by atoms with Gasteiger partial charge in [-0.05, 0) is 43.2 Å². The number of fused-ring (bicyclic) bond motifs is 1. The van der Waals surface area contributed by atoms with Crippen molar-refractivity contribution < 1.29 is 18.7 Å². The molecule has 7 heteroatoms. The first kappa shape index (κ1) is 21.6. The summed E-state index contributed by atoms with van der Waals surface area (Å²) in [6, 6.07) is 13.4. The molecule has 1 aromatic heterocycles. The van der Waals surface area contributed by atoms with E-state index in [2.05, 4.69) is 31.0 Å². The molecule has 0 fully saturated rings. The van der Waals surface area contributed by atoms with Crippen LogP contribution in [0.5, 0.6) is 5.75 Å². The molecule has 0 saturated heterocycles. The number of ether oxygens (including phenoxy) is 1. The summed E-state index contributed by atoms with van der Waals surface area (Å²) in [5, 5.41) is 0. The molecule has 4 rings (SSSR count). The van der Waals surface area contributed by atoms with E-state index in [4.69, 9.17) is 9.15 Å². The van der Waals surface area contributed by atoms with E-state index in [1.54, 1.807) is 31.3 Å². The van der Waals surface area contributed by atoms with Crippen LogP contribution in [0.4, 0.5) is 5.69 Å². The molecular formula is C25H27N3O4. The van der Waals surface area contributed by atoms with Crippen molar-refractivity contribution >= 4 is 17.5 Å². The van der Waals surface area contributed by atoms with Gasteiger partial charge in [-0.25, -0.2) is 4.98 Å². The van der Waals surface area contributed by atoms with Crippen molar-refractivity contribution in [3.63, 3.8) is 0 Å². The summed E-state index contributed by atoms with van der Waals surface area (Å²) in [6.45, 7) is 4.30. The Hall–Kier alpha value is -3.61. The van der Waals surface area contributed by atoms with Crippen LogP contribution in [-0.4, -0.2) is 48.4 Å². The van der Waals surface area contributed by atoms with Crippen LogP contribution >= 0.6 is 0 Å². The van der Waals surface area contributed by atoms with Gasteiger partial charge in [-0.1, -0.05) is 24.3 Å². The maximum Gasteiger partial charge on any atom is 0.265 e. The predicted molar refractivity (Wildman–Crippen MR) is 122 cm³/mol. The first-order chi connectivity index (χ1) is 15.3. The van der Waals surface area contributed by atoms with E-state index in [1.807, 2.05) is 24.3 Å². The molecule has 0 N–H and O–H groups in total. The van der Waals surface area contributed by atoms with Crippen molar-refractivity contribution in [2.45, 2.75) is 32.8 Å². The Kier molecular flexibility index (Phi) is 5.99. The molecule has 1 aliphatic heterocycles. The van der Waals surface area contributed by atoms with Crippen LogP contribution in [0.15, 0.2) is 53.1 Å². The Morgan fingerprint density at radius 1 is 1.12 bits per heavy atom. The SMILES string of the molecule is Cc1ccc(-c2cnc(CCC(=O)N3C[C@H](C(=O)N(C)C)Oc4ccccc43)o2)cc1C. The number of likely N-dealkylation sites (N-methyl/N-ethyl adjacent to an activating group) is 1. The molecule has 2 heterocycles. The van der Waals surface area contributed by atoms with Crippen LogP contribution < -0.4 is 9.64 Å². The van der Waals surface area contributed by atoms with E-state index < -0.39 is 6.10 Å². The van der Waals surface area contributed by atoms with Gasteiger partial charge in [-0.2, -0.15) is 0 Å². The number of carbonyl (C=O) groups excluding carboxylic acids is 2. The van der Waals surface area contributed by atoms with Crippen LogP contribution in [0.25, 0.3) is 11.3 Å². The number of aromatic nitrogens is 1. The average Bonchev–Trinajstić information content (AvgIpc) is 3.27. The number of aryl methyl sites for hydroxylation is 3. The van der Waals surface area contributed by atoms with Crippen LogP contribution in [0.3, 0.4) is 0 Å². The standard InChI is InChI=1S/C25H27N3O4/c1-16-9-10-18(13-17(16)2)21-14-26-23(32-21)11-12-24(29)28-15-22(25(30)27(3)4)31-20-8-6-5-7-19(20)28/h5-10,13-14,22H,11-12,15H2,1-4H3/t22-/m1/s1. The number of amides is 2. The third kappa shape index (κ3) is 4.37. The lowest BCUT2D eigenvalue weighted by molar-refractivity contribution is -0.136. The summed E-state index contributed by atoms with van der Waals surface area (Å²) in [5.74, 6) is 1.43. The molecule has 0 bridgehead atoms. The van der Waals surface area contributed by atoms with Crippen molar-refractivity contribution in [2.24, 2.45) is 0 Å². The van der Waals surface area contributed by atoms with Crippen LogP contribution in [0, 0.1) is 13.8 Å². The molecule has 0 saturated carbocycles. The molecule has 1 atom stereocenters. The number of rotatable bonds is 5. The second-order valence-electron chi connectivity index (χ2n) is 8.23. The number of oxazole rings is 1. The van der Waals surface area contributed by atoms with E-state index in [0.717, 1.165) is 5.56 Å². The summed E-state index contributed by atoms with van der Waals surface area (Å²) >= 11 is 0. The fourth-order valence-electron chi connectivity index (χ4n) is 3.69. The first-order valence-corrected chi connectivity index (χ1v) is 10.6. The van der Waals surface area contributed by atoms with Gasteiger partial charge < -0.3 is 19.0 Å². The summed E-state index contributed by atoms with van der Waals surface area (Å²) in [4.78, 5) is 33.0. The Balaban J connectivity index is 1.47. The van der Waals surface area contributed by atoms with Gasteiger partial charge in [-0.15, -0.1) is 0 Å². The molecule has 0 spiro atoms. The number of hydrogen-bond acceptors (Lipinski definition) is 5. The van der Waals surface area contributed by atoms with Gasteiger partial charge in [0.05, 0.1) is 18.4 Å². The van der Waals surface area contributed by atoms with Gasteiger partial charge in [0, 0.05) is 32.5 Å². The molecule has 3 aromatic rings. The summed E-state index contributed by atoms with van der Waals surface area (Å²) in [6.07, 6.45) is 1.54. The zero-order valence-electron chi connectivity index (χ0n) is 18.8. The fourth-order valence-corrected chi connectivity index (χ4v) is 3.69. The second kappa shape index (κ2) is 8.86.